The van der Waals surface area contributed by atoms with Crippen molar-refractivity contribution in [1.29, 1.82) is 0 Å². The van der Waals surface area contributed by atoms with Crippen LogP contribution in [0.3, 0.4) is 0 Å². The Hall–Kier alpha value is -2.05. The van der Waals surface area contributed by atoms with Crippen LogP contribution in [-0.4, -0.2) is 23.0 Å². The van der Waals surface area contributed by atoms with E-state index in [1.807, 2.05) is 6.92 Å². The first-order valence-electron chi connectivity index (χ1n) is 7.46. The molecule has 7 heteroatoms. The van der Waals surface area contributed by atoms with Crippen LogP contribution in [0.25, 0.3) is 0 Å². The van der Waals surface area contributed by atoms with Crippen LogP contribution in [0.4, 0.5) is 13.2 Å². The van der Waals surface area contributed by atoms with Gasteiger partial charge in [-0.3, -0.25) is 4.79 Å². The fraction of sp³-hybridized carbons (Fsp3) is 0.500. The zero-order valence-corrected chi connectivity index (χ0v) is 12.8. The van der Waals surface area contributed by atoms with Crippen molar-refractivity contribution in [3.05, 3.63) is 35.4 Å². The standard InChI is InChI=1S/C16H20F3NO3/c1-2-3-4-5-9-13(15(22)23)20-14(21)11-7-6-8-12(10-11)16(17,18)19/h6-8,10,13H,2-5,9H2,1H3,(H,20,21)(H,22,23)/t13-/m1/s1. The lowest BCUT2D eigenvalue weighted by Gasteiger charge is -2.15. The van der Waals surface area contributed by atoms with Gasteiger partial charge in [-0.1, -0.05) is 38.7 Å². The van der Waals surface area contributed by atoms with E-state index in [1.54, 1.807) is 0 Å². The van der Waals surface area contributed by atoms with Crippen LogP contribution in [0.15, 0.2) is 24.3 Å². The molecule has 0 spiro atoms. The summed E-state index contributed by atoms with van der Waals surface area (Å²) in [5.74, 6) is -2.01. The summed E-state index contributed by atoms with van der Waals surface area (Å²) in [7, 11) is 0. The van der Waals surface area contributed by atoms with Crippen molar-refractivity contribution in [3.63, 3.8) is 0 Å². The Balaban J connectivity index is 2.73. The fourth-order valence-corrected chi connectivity index (χ4v) is 2.11. The third-order valence-corrected chi connectivity index (χ3v) is 3.40. The minimum absolute atomic E-state index is 0.209. The molecule has 0 radical (unpaired) electrons. The highest BCUT2D eigenvalue weighted by Gasteiger charge is 2.31. The molecule has 2 N–H and O–H groups in total. The maximum Gasteiger partial charge on any atom is 0.416 e. The van der Waals surface area contributed by atoms with Gasteiger partial charge in [0.15, 0.2) is 0 Å². The van der Waals surface area contributed by atoms with E-state index >= 15 is 0 Å². The number of alkyl halides is 3. The molecule has 0 saturated carbocycles. The first kappa shape index (κ1) is 19.0. The molecular weight excluding hydrogens is 311 g/mol. The number of carboxylic acid groups (broad SMARTS) is 1. The Morgan fingerprint density at radius 2 is 1.91 bits per heavy atom. The summed E-state index contributed by atoms with van der Waals surface area (Å²) in [5.41, 5.74) is -1.15. The van der Waals surface area contributed by atoms with Crippen molar-refractivity contribution < 1.29 is 27.9 Å². The molecule has 0 aliphatic carbocycles. The second-order valence-corrected chi connectivity index (χ2v) is 5.29. The maximum atomic E-state index is 12.6. The average Bonchev–Trinajstić information content (AvgIpc) is 2.49. The third-order valence-electron chi connectivity index (χ3n) is 3.40. The topological polar surface area (TPSA) is 66.4 Å². The predicted molar refractivity (Wildman–Crippen MR) is 79.1 cm³/mol. The predicted octanol–water partition coefficient (Wildman–Crippen LogP) is 3.86. The number of rotatable bonds is 8. The summed E-state index contributed by atoms with van der Waals surface area (Å²) in [5, 5.41) is 11.4. The SMILES string of the molecule is CCCCCC[C@@H](NC(=O)c1cccc(C(F)(F)F)c1)C(=O)O. The number of carbonyl (C=O) groups excluding carboxylic acids is 1. The number of amides is 1. The van der Waals surface area contributed by atoms with Crippen molar-refractivity contribution in [2.24, 2.45) is 0 Å². The summed E-state index contributed by atoms with van der Waals surface area (Å²) in [6.07, 6.45) is -0.863. The Labute approximate surface area is 132 Å². The lowest BCUT2D eigenvalue weighted by molar-refractivity contribution is -0.139. The number of carbonyl (C=O) groups is 2. The number of halogens is 3. The van der Waals surface area contributed by atoms with Crippen LogP contribution < -0.4 is 5.32 Å². The van der Waals surface area contributed by atoms with Gasteiger partial charge in [0.25, 0.3) is 5.91 Å². The first-order valence-corrected chi connectivity index (χ1v) is 7.46. The number of unbranched alkanes of at least 4 members (excludes halogenated alkanes) is 3. The van der Waals surface area contributed by atoms with Gasteiger partial charge < -0.3 is 10.4 Å². The molecule has 23 heavy (non-hydrogen) atoms. The van der Waals surface area contributed by atoms with Gasteiger partial charge in [0.05, 0.1) is 5.56 Å². The molecule has 0 fully saturated rings. The molecule has 0 aromatic heterocycles. The lowest BCUT2D eigenvalue weighted by atomic mass is 10.1. The van der Waals surface area contributed by atoms with Crippen molar-refractivity contribution in [1.82, 2.24) is 5.32 Å². The number of benzene rings is 1. The van der Waals surface area contributed by atoms with Crippen molar-refractivity contribution in [2.75, 3.05) is 0 Å². The fourth-order valence-electron chi connectivity index (χ4n) is 2.11. The van der Waals surface area contributed by atoms with Crippen LogP contribution in [-0.2, 0) is 11.0 Å². The number of hydrogen-bond acceptors (Lipinski definition) is 2. The summed E-state index contributed by atoms with van der Waals surface area (Å²) >= 11 is 0. The largest absolute Gasteiger partial charge is 0.480 e. The minimum atomic E-state index is -4.55. The molecule has 1 aromatic rings. The summed E-state index contributed by atoms with van der Waals surface area (Å²) in [6.45, 7) is 2.02. The molecule has 0 unspecified atom stereocenters. The zero-order chi connectivity index (χ0) is 17.5. The van der Waals surface area contributed by atoms with Gasteiger partial charge >= 0.3 is 12.1 Å². The Morgan fingerprint density at radius 1 is 1.22 bits per heavy atom. The van der Waals surface area contributed by atoms with Crippen LogP contribution in [0.1, 0.15) is 54.9 Å². The van der Waals surface area contributed by atoms with E-state index in [0.29, 0.717) is 12.5 Å². The van der Waals surface area contributed by atoms with E-state index in [9.17, 15) is 22.8 Å². The normalized spacial score (nSPS) is 12.7. The van der Waals surface area contributed by atoms with E-state index in [2.05, 4.69) is 5.32 Å². The Morgan fingerprint density at radius 3 is 2.48 bits per heavy atom. The second-order valence-electron chi connectivity index (χ2n) is 5.29. The van der Waals surface area contributed by atoms with Gasteiger partial charge in [-0.2, -0.15) is 13.2 Å². The number of hydrogen-bond donors (Lipinski definition) is 2. The van der Waals surface area contributed by atoms with Crippen LogP contribution >= 0.6 is 0 Å². The molecule has 128 valence electrons. The number of nitrogens with one attached hydrogen (secondary N) is 1. The van der Waals surface area contributed by atoms with Gasteiger partial charge in [0.1, 0.15) is 6.04 Å². The van der Waals surface area contributed by atoms with Crippen LogP contribution in [0.5, 0.6) is 0 Å². The highest BCUT2D eigenvalue weighted by molar-refractivity contribution is 5.96. The van der Waals surface area contributed by atoms with Crippen molar-refractivity contribution >= 4 is 11.9 Å². The van der Waals surface area contributed by atoms with E-state index in [1.165, 1.54) is 6.07 Å². The van der Waals surface area contributed by atoms with E-state index in [0.717, 1.165) is 31.4 Å². The van der Waals surface area contributed by atoms with Gasteiger partial charge in [0, 0.05) is 5.56 Å². The number of carboxylic acids is 1. The molecule has 0 bridgehead atoms. The highest BCUT2D eigenvalue weighted by Crippen LogP contribution is 2.29. The van der Waals surface area contributed by atoms with Crippen molar-refractivity contribution in [3.8, 4) is 0 Å². The summed E-state index contributed by atoms with van der Waals surface area (Å²) in [4.78, 5) is 23.1. The average molecular weight is 331 g/mol. The molecule has 0 heterocycles. The quantitative estimate of drug-likeness (QED) is 0.711. The first-order chi connectivity index (χ1) is 10.8. The lowest BCUT2D eigenvalue weighted by Crippen LogP contribution is -2.40. The highest BCUT2D eigenvalue weighted by atomic mass is 19.4. The second kappa shape index (κ2) is 8.55. The summed E-state index contributed by atoms with van der Waals surface area (Å²) < 4.78 is 37.9. The maximum absolute atomic E-state index is 12.6. The van der Waals surface area contributed by atoms with Gasteiger partial charge in [-0.25, -0.2) is 4.79 Å². The van der Waals surface area contributed by atoms with Crippen LogP contribution in [0.2, 0.25) is 0 Å². The number of aliphatic carboxylic acids is 1. The Kier molecular flexibility index (Phi) is 7.06. The van der Waals surface area contributed by atoms with Crippen LogP contribution in [0, 0.1) is 0 Å². The third kappa shape index (κ3) is 6.30. The zero-order valence-electron chi connectivity index (χ0n) is 12.8. The summed E-state index contributed by atoms with van der Waals surface area (Å²) in [6, 6.07) is 2.81. The Bertz CT molecular complexity index is 544. The minimum Gasteiger partial charge on any atom is -0.480 e. The van der Waals surface area contributed by atoms with Gasteiger partial charge in [-0.05, 0) is 24.6 Å². The van der Waals surface area contributed by atoms with E-state index < -0.39 is 29.7 Å². The van der Waals surface area contributed by atoms with Gasteiger partial charge in [-0.15, -0.1) is 0 Å². The molecular formula is C16H20F3NO3. The molecule has 0 aliphatic heterocycles. The monoisotopic (exact) mass is 331 g/mol. The molecule has 4 nitrogen and oxygen atoms in total. The van der Waals surface area contributed by atoms with E-state index in [-0.39, 0.29) is 12.0 Å². The molecule has 1 aromatic carbocycles. The molecule has 0 aliphatic rings. The van der Waals surface area contributed by atoms with Crippen molar-refractivity contribution in [2.45, 2.75) is 51.2 Å². The smallest absolute Gasteiger partial charge is 0.416 e. The molecule has 1 atom stereocenters. The van der Waals surface area contributed by atoms with E-state index in [4.69, 9.17) is 5.11 Å². The molecule has 0 saturated heterocycles. The van der Waals surface area contributed by atoms with Gasteiger partial charge in [0.2, 0.25) is 0 Å². The molecule has 1 rings (SSSR count). The molecule has 1 amide bonds.